The highest BCUT2D eigenvalue weighted by atomic mass is 16.4. The summed E-state index contributed by atoms with van der Waals surface area (Å²) in [6.45, 7) is 3.59. The number of rotatable bonds is 4. The van der Waals surface area contributed by atoms with Crippen molar-refractivity contribution in [3.8, 4) is 0 Å². The summed E-state index contributed by atoms with van der Waals surface area (Å²) in [5.74, 6) is -1.18. The minimum Gasteiger partial charge on any atom is -0.480 e. The average Bonchev–Trinajstić information content (AvgIpc) is 3.13. The fourth-order valence-corrected chi connectivity index (χ4v) is 2.49. The van der Waals surface area contributed by atoms with Crippen molar-refractivity contribution in [2.75, 3.05) is 13.6 Å². The van der Waals surface area contributed by atoms with Crippen LogP contribution in [0.5, 0.6) is 0 Å². The van der Waals surface area contributed by atoms with Gasteiger partial charge in [0, 0.05) is 19.5 Å². The highest BCUT2D eigenvalue weighted by molar-refractivity contribution is 5.93. The minimum absolute atomic E-state index is 0.0578. The highest BCUT2D eigenvalue weighted by Gasteiger charge is 2.44. The smallest absolute Gasteiger partial charge is 0.329 e. The number of nitrogens with zero attached hydrogens (tertiary/aromatic N) is 2. The van der Waals surface area contributed by atoms with E-state index in [1.807, 2.05) is 0 Å². The van der Waals surface area contributed by atoms with Crippen LogP contribution in [0.25, 0.3) is 0 Å². The van der Waals surface area contributed by atoms with Crippen LogP contribution in [0.1, 0.15) is 39.5 Å². The van der Waals surface area contributed by atoms with E-state index in [1.165, 1.54) is 25.8 Å². The van der Waals surface area contributed by atoms with Gasteiger partial charge in [-0.25, -0.2) is 4.79 Å². The fraction of sp³-hybridized carbons (Fsp3) is 0.786. The van der Waals surface area contributed by atoms with E-state index in [4.69, 9.17) is 0 Å². The highest BCUT2D eigenvalue weighted by Crippen LogP contribution is 2.34. The van der Waals surface area contributed by atoms with Crippen molar-refractivity contribution in [1.82, 2.24) is 9.80 Å². The maximum absolute atomic E-state index is 12.5. The lowest BCUT2D eigenvalue weighted by atomic mass is 10.0. The topological polar surface area (TPSA) is 77.9 Å². The number of carbonyl (C=O) groups is 3. The van der Waals surface area contributed by atoms with E-state index in [-0.39, 0.29) is 17.7 Å². The molecule has 2 amide bonds. The molecule has 1 heterocycles. The van der Waals surface area contributed by atoms with Crippen LogP contribution in [0, 0.1) is 5.92 Å². The molecule has 2 fully saturated rings. The Morgan fingerprint density at radius 1 is 1.20 bits per heavy atom. The van der Waals surface area contributed by atoms with Gasteiger partial charge in [0.05, 0.1) is 0 Å². The van der Waals surface area contributed by atoms with Crippen molar-refractivity contribution in [3.63, 3.8) is 0 Å². The molecule has 1 atom stereocenters. The summed E-state index contributed by atoms with van der Waals surface area (Å²) < 4.78 is 0. The van der Waals surface area contributed by atoms with Crippen LogP contribution in [0.15, 0.2) is 0 Å². The average molecular weight is 282 g/mol. The number of hydrogen-bond acceptors (Lipinski definition) is 3. The zero-order valence-electron chi connectivity index (χ0n) is 12.3. The first-order valence-electron chi connectivity index (χ1n) is 7.08. The first kappa shape index (κ1) is 14.8. The summed E-state index contributed by atoms with van der Waals surface area (Å²) in [5.41, 5.74) is -1.27. The van der Waals surface area contributed by atoms with E-state index in [9.17, 15) is 19.5 Å². The lowest BCUT2D eigenvalue weighted by molar-refractivity contribution is -0.158. The molecule has 2 aliphatic rings. The van der Waals surface area contributed by atoms with Gasteiger partial charge in [-0.1, -0.05) is 0 Å². The predicted octanol–water partition coefficient (Wildman–Crippen LogP) is 0.709. The quantitative estimate of drug-likeness (QED) is 0.823. The van der Waals surface area contributed by atoms with Gasteiger partial charge in [0.15, 0.2) is 0 Å². The number of hydrogen-bond donors (Lipinski definition) is 1. The fourth-order valence-electron chi connectivity index (χ4n) is 2.49. The lowest BCUT2D eigenvalue weighted by Crippen LogP contribution is -2.56. The zero-order valence-corrected chi connectivity index (χ0v) is 12.3. The molecule has 0 aromatic heterocycles. The van der Waals surface area contributed by atoms with Gasteiger partial charge in [0.1, 0.15) is 11.6 Å². The second kappa shape index (κ2) is 5.07. The van der Waals surface area contributed by atoms with Crippen LogP contribution in [-0.4, -0.2) is 57.9 Å². The lowest BCUT2D eigenvalue weighted by Gasteiger charge is -2.35. The van der Waals surface area contributed by atoms with E-state index in [1.54, 1.807) is 4.90 Å². The van der Waals surface area contributed by atoms with Crippen LogP contribution >= 0.6 is 0 Å². The molecule has 1 saturated heterocycles. The van der Waals surface area contributed by atoms with Crippen LogP contribution in [-0.2, 0) is 14.4 Å². The number of amides is 2. The number of aliphatic carboxylic acids is 1. The van der Waals surface area contributed by atoms with Crippen molar-refractivity contribution < 1.29 is 19.5 Å². The Hall–Kier alpha value is -1.59. The largest absolute Gasteiger partial charge is 0.480 e. The molecule has 6 nitrogen and oxygen atoms in total. The minimum atomic E-state index is -1.27. The molecule has 112 valence electrons. The van der Waals surface area contributed by atoms with E-state index in [0.717, 1.165) is 19.3 Å². The number of carboxylic acid groups (broad SMARTS) is 1. The third-order valence-electron chi connectivity index (χ3n) is 4.44. The summed E-state index contributed by atoms with van der Waals surface area (Å²) >= 11 is 0. The maximum atomic E-state index is 12.5. The standard InChI is InChI=1S/C14H22N2O4/c1-14(2,13(19)20)15(3)12(18)10-5-4-8-16(10)11(17)9-6-7-9/h9-10H,4-8H2,1-3H3,(H,19,20). The first-order chi connectivity index (χ1) is 9.26. The molecule has 0 radical (unpaired) electrons. The molecule has 0 aromatic carbocycles. The van der Waals surface area contributed by atoms with Gasteiger partial charge in [0.25, 0.3) is 0 Å². The zero-order chi connectivity index (χ0) is 15.1. The SMILES string of the molecule is CN(C(=O)C1CCCN1C(=O)C1CC1)C(C)(C)C(=O)O. The molecule has 1 N–H and O–H groups in total. The van der Waals surface area contributed by atoms with E-state index < -0.39 is 17.6 Å². The van der Waals surface area contributed by atoms with Crippen LogP contribution in [0.3, 0.4) is 0 Å². The Bertz CT molecular complexity index is 442. The molecule has 2 rings (SSSR count). The van der Waals surface area contributed by atoms with Gasteiger partial charge >= 0.3 is 5.97 Å². The Balaban J connectivity index is 2.11. The Morgan fingerprint density at radius 3 is 2.30 bits per heavy atom. The Labute approximate surface area is 118 Å². The normalized spacial score (nSPS) is 22.8. The van der Waals surface area contributed by atoms with Gasteiger partial charge in [-0.2, -0.15) is 0 Å². The summed E-state index contributed by atoms with van der Waals surface area (Å²) in [5, 5.41) is 9.20. The predicted molar refractivity (Wildman–Crippen MR) is 71.9 cm³/mol. The monoisotopic (exact) mass is 282 g/mol. The van der Waals surface area contributed by atoms with Gasteiger partial charge < -0.3 is 14.9 Å². The molecule has 0 bridgehead atoms. The van der Waals surface area contributed by atoms with Crippen LogP contribution in [0.4, 0.5) is 0 Å². The van der Waals surface area contributed by atoms with E-state index in [0.29, 0.717) is 13.0 Å². The van der Waals surface area contributed by atoms with Gasteiger partial charge in [-0.15, -0.1) is 0 Å². The first-order valence-corrected chi connectivity index (χ1v) is 7.08. The second-order valence-electron chi connectivity index (χ2n) is 6.23. The van der Waals surface area contributed by atoms with Crippen molar-refractivity contribution in [1.29, 1.82) is 0 Å². The van der Waals surface area contributed by atoms with Gasteiger partial charge in [0.2, 0.25) is 11.8 Å². The third-order valence-corrected chi connectivity index (χ3v) is 4.44. The molecule has 0 aromatic rings. The van der Waals surface area contributed by atoms with E-state index in [2.05, 4.69) is 0 Å². The van der Waals surface area contributed by atoms with E-state index >= 15 is 0 Å². The van der Waals surface area contributed by atoms with Crippen LogP contribution in [0.2, 0.25) is 0 Å². The summed E-state index contributed by atoms with van der Waals surface area (Å²) in [4.78, 5) is 38.8. The number of carboxylic acids is 1. The van der Waals surface area contributed by atoms with Gasteiger partial charge in [-0.05, 0) is 39.5 Å². The Kier molecular flexibility index (Phi) is 3.75. The van der Waals surface area contributed by atoms with Crippen molar-refractivity contribution >= 4 is 17.8 Å². The third kappa shape index (κ3) is 2.51. The van der Waals surface area contributed by atoms with Gasteiger partial charge in [-0.3, -0.25) is 9.59 Å². The summed E-state index contributed by atoms with van der Waals surface area (Å²) in [6.07, 6.45) is 3.24. The molecular formula is C14H22N2O4. The van der Waals surface area contributed by atoms with Crippen molar-refractivity contribution in [3.05, 3.63) is 0 Å². The molecule has 0 spiro atoms. The molecule has 1 saturated carbocycles. The molecule has 20 heavy (non-hydrogen) atoms. The van der Waals surface area contributed by atoms with Crippen molar-refractivity contribution in [2.45, 2.75) is 51.1 Å². The maximum Gasteiger partial charge on any atom is 0.329 e. The molecule has 1 unspecified atom stereocenters. The number of likely N-dealkylation sites (N-methyl/N-ethyl adjacent to an activating group) is 1. The van der Waals surface area contributed by atoms with Crippen molar-refractivity contribution in [2.24, 2.45) is 5.92 Å². The molecule has 1 aliphatic carbocycles. The number of likely N-dealkylation sites (tertiary alicyclic amines) is 1. The summed E-state index contributed by atoms with van der Waals surface area (Å²) in [7, 11) is 1.49. The molecular weight excluding hydrogens is 260 g/mol. The molecule has 1 aliphatic heterocycles. The summed E-state index contributed by atoms with van der Waals surface area (Å²) in [6, 6.07) is -0.494. The molecule has 6 heteroatoms. The Morgan fingerprint density at radius 2 is 1.80 bits per heavy atom. The van der Waals surface area contributed by atoms with Crippen LogP contribution < -0.4 is 0 Å². The second-order valence-corrected chi connectivity index (χ2v) is 6.23. The number of carbonyl (C=O) groups excluding carboxylic acids is 2.